The summed E-state index contributed by atoms with van der Waals surface area (Å²) in [6, 6.07) is 10.6. The highest BCUT2D eigenvalue weighted by molar-refractivity contribution is 5.96. The minimum absolute atomic E-state index is 0.153. The van der Waals surface area contributed by atoms with Gasteiger partial charge in [-0.2, -0.15) is 0 Å². The van der Waals surface area contributed by atoms with Crippen molar-refractivity contribution in [1.29, 1.82) is 0 Å². The molecule has 6 nitrogen and oxygen atoms in total. The molecule has 2 aromatic carbocycles. The lowest BCUT2D eigenvalue weighted by molar-refractivity contribution is -0.129. The molecule has 3 amide bonds. The zero-order chi connectivity index (χ0) is 19.8. The van der Waals surface area contributed by atoms with Crippen LogP contribution in [0.5, 0.6) is 0 Å². The summed E-state index contributed by atoms with van der Waals surface area (Å²) in [7, 11) is 0. The van der Waals surface area contributed by atoms with E-state index in [1.165, 1.54) is 6.92 Å². The second-order valence-corrected chi connectivity index (χ2v) is 5.88. The van der Waals surface area contributed by atoms with Crippen molar-refractivity contribution in [2.75, 3.05) is 11.9 Å². The van der Waals surface area contributed by atoms with E-state index in [2.05, 4.69) is 16.0 Å². The van der Waals surface area contributed by atoms with E-state index in [4.69, 9.17) is 0 Å². The monoisotopic (exact) mass is 375 g/mol. The van der Waals surface area contributed by atoms with Gasteiger partial charge >= 0.3 is 0 Å². The first-order valence-corrected chi connectivity index (χ1v) is 8.20. The van der Waals surface area contributed by atoms with Gasteiger partial charge in [0.1, 0.15) is 17.7 Å². The van der Waals surface area contributed by atoms with Crippen molar-refractivity contribution in [2.24, 2.45) is 0 Å². The molecule has 0 radical (unpaired) electrons. The molecular formula is C19H19F2N3O3. The Bertz CT molecular complexity index is 808. The lowest BCUT2D eigenvalue weighted by Crippen LogP contribution is -2.47. The van der Waals surface area contributed by atoms with Gasteiger partial charge in [-0.25, -0.2) is 8.78 Å². The average Bonchev–Trinajstić information content (AvgIpc) is 2.59. The molecule has 2 rings (SSSR count). The zero-order valence-electron chi connectivity index (χ0n) is 14.6. The van der Waals surface area contributed by atoms with Crippen molar-refractivity contribution >= 4 is 23.4 Å². The van der Waals surface area contributed by atoms with Gasteiger partial charge in [-0.1, -0.05) is 18.2 Å². The molecule has 0 fully saturated rings. The maximum absolute atomic E-state index is 13.1. The van der Waals surface area contributed by atoms with Crippen LogP contribution in [0, 0.1) is 11.6 Å². The third-order valence-corrected chi connectivity index (χ3v) is 3.54. The van der Waals surface area contributed by atoms with Crippen LogP contribution in [0.25, 0.3) is 0 Å². The van der Waals surface area contributed by atoms with E-state index in [1.54, 1.807) is 30.3 Å². The van der Waals surface area contributed by atoms with Crippen LogP contribution in [-0.4, -0.2) is 30.3 Å². The summed E-state index contributed by atoms with van der Waals surface area (Å²) in [4.78, 5) is 35.7. The fourth-order valence-electron chi connectivity index (χ4n) is 2.30. The first-order valence-electron chi connectivity index (χ1n) is 8.20. The van der Waals surface area contributed by atoms with Crippen LogP contribution in [0.3, 0.4) is 0 Å². The van der Waals surface area contributed by atoms with E-state index in [0.717, 1.165) is 12.1 Å². The molecule has 0 heterocycles. The molecule has 8 heteroatoms. The molecule has 0 aliphatic rings. The number of anilines is 1. The predicted octanol–water partition coefficient (Wildman–Crippen LogP) is 1.77. The van der Waals surface area contributed by atoms with Gasteiger partial charge in [-0.05, 0) is 36.8 Å². The van der Waals surface area contributed by atoms with Crippen molar-refractivity contribution in [1.82, 2.24) is 10.6 Å². The Kier molecular flexibility index (Phi) is 6.99. The first-order chi connectivity index (χ1) is 12.8. The minimum atomic E-state index is -0.916. The molecular weight excluding hydrogens is 356 g/mol. The van der Waals surface area contributed by atoms with Gasteiger partial charge < -0.3 is 16.0 Å². The van der Waals surface area contributed by atoms with Gasteiger partial charge in [0.15, 0.2) is 0 Å². The number of rotatable bonds is 7. The number of carbonyl (C=O) groups excluding carboxylic acids is 3. The molecule has 0 saturated carbocycles. The van der Waals surface area contributed by atoms with Crippen molar-refractivity contribution in [3.05, 3.63) is 65.7 Å². The van der Waals surface area contributed by atoms with Gasteiger partial charge in [0, 0.05) is 11.8 Å². The molecule has 2 aromatic rings. The highest BCUT2D eigenvalue weighted by atomic mass is 19.1. The molecule has 0 aliphatic heterocycles. The summed E-state index contributed by atoms with van der Waals surface area (Å²) in [6.07, 6.45) is -0.277. The van der Waals surface area contributed by atoms with Crippen molar-refractivity contribution in [3.63, 3.8) is 0 Å². The van der Waals surface area contributed by atoms with Gasteiger partial charge in [0.2, 0.25) is 17.7 Å². The van der Waals surface area contributed by atoms with Crippen LogP contribution >= 0.6 is 0 Å². The van der Waals surface area contributed by atoms with Gasteiger partial charge in [-0.15, -0.1) is 0 Å². The van der Waals surface area contributed by atoms with E-state index in [-0.39, 0.29) is 18.5 Å². The zero-order valence-corrected chi connectivity index (χ0v) is 14.6. The number of hydrogen-bond acceptors (Lipinski definition) is 3. The number of benzene rings is 2. The van der Waals surface area contributed by atoms with Gasteiger partial charge in [0.05, 0.1) is 13.0 Å². The predicted molar refractivity (Wildman–Crippen MR) is 95.7 cm³/mol. The minimum Gasteiger partial charge on any atom is -0.345 e. The maximum atomic E-state index is 13.1. The van der Waals surface area contributed by atoms with E-state index in [1.807, 2.05) is 0 Å². The van der Waals surface area contributed by atoms with Crippen LogP contribution in [0.1, 0.15) is 12.5 Å². The summed E-state index contributed by atoms with van der Waals surface area (Å²) in [5.74, 6) is -3.11. The number of amides is 3. The topological polar surface area (TPSA) is 87.3 Å². The quantitative estimate of drug-likeness (QED) is 0.689. The molecule has 0 spiro atoms. The van der Waals surface area contributed by atoms with E-state index in [0.29, 0.717) is 11.8 Å². The van der Waals surface area contributed by atoms with E-state index >= 15 is 0 Å². The third-order valence-electron chi connectivity index (χ3n) is 3.54. The molecule has 0 bridgehead atoms. The number of hydrogen-bond donors (Lipinski definition) is 3. The summed E-state index contributed by atoms with van der Waals surface area (Å²) < 4.78 is 26.3. The summed E-state index contributed by atoms with van der Waals surface area (Å²) >= 11 is 0. The lowest BCUT2D eigenvalue weighted by Gasteiger charge is -2.14. The van der Waals surface area contributed by atoms with E-state index < -0.39 is 35.4 Å². The Morgan fingerprint density at radius 2 is 1.59 bits per heavy atom. The maximum Gasteiger partial charge on any atom is 0.243 e. The number of para-hydroxylation sites is 1. The molecule has 0 unspecified atom stereocenters. The van der Waals surface area contributed by atoms with Crippen LogP contribution in [0.15, 0.2) is 48.5 Å². The SMILES string of the molecule is C[C@@H](NC(=O)Cc1cc(F)cc(F)c1)C(=O)NCC(=O)Nc1ccccc1. The highest BCUT2D eigenvalue weighted by Crippen LogP contribution is 2.08. The van der Waals surface area contributed by atoms with Gasteiger partial charge in [0.25, 0.3) is 0 Å². The van der Waals surface area contributed by atoms with Crippen molar-refractivity contribution in [2.45, 2.75) is 19.4 Å². The summed E-state index contributed by atoms with van der Waals surface area (Å²) in [5, 5.41) is 7.43. The average molecular weight is 375 g/mol. The molecule has 1 atom stereocenters. The molecule has 0 aromatic heterocycles. The fraction of sp³-hybridized carbons (Fsp3) is 0.211. The highest BCUT2D eigenvalue weighted by Gasteiger charge is 2.17. The van der Waals surface area contributed by atoms with Crippen LogP contribution in [0.2, 0.25) is 0 Å². The number of halogens is 2. The summed E-state index contributed by atoms with van der Waals surface area (Å²) in [6.45, 7) is 1.18. The number of nitrogens with one attached hydrogen (secondary N) is 3. The van der Waals surface area contributed by atoms with Gasteiger partial charge in [-0.3, -0.25) is 14.4 Å². The number of carbonyl (C=O) groups is 3. The summed E-state index contributed by atoms with van der Waals surface area (Å²) in [5.41, 5.74) is 0.750. The second kappa shape index (κ2) is 9.42. The smallest absolute Gasteiger partial charge is 0.243 e. The van der Waals surface area contributed by atoms with E-state index in [9.17, 15) is 23.2 Å². The van der Waals surface area contributed by atoms with Crippen LogP contribution in [0.4, 0.5) is 14.5 Å². The van der Waals surface area contributed by atoms with Crippen LogP contribution < -0.4 is 16.0 Å². The fourth-order valence-corrected chi connectivity index (χ4v) is 2.30. The van der Waals surface area contributed by atoms with Crippen LogP contribution in [-0.2, 0) is 20.8 Å². The van der Waals surface area contributed by atoms with Crippen molar-refractivity contribution in [3.8, 4) is 0 Å². The van der Waals surface area contributed by atoms with Crippen molar-refractivity contribution < 1.29 is 23.2 Å². The largest absolute Gasteiger partial charge is 0.345 e. The molecule has 27 heavy (non-hydrogen) atoms. The lowest BCUT2D eigenvalue weighted by atomic mass is 10.1. The molecule has 0 saturated heterocycles. The normalized spacial score (nSPS) is 11.4. The third kappa shape index (κ3) is 6.85. The first kappa shape index (κ1) is 20.0. The molecule has 0 aliphatic carbocycles. The molecule has 3 N–H and O–H groups in total. The Hall–Kier alpha value is -3.29. The Balaban J connectivity index is 1.77. The Morgan fingerprint density at radius 3 is 2.22 bits per heavy atom. The molecule has 142 valence electrons. The Morgan fingerprint density at radius 1 is 0.963 bits per heavy atom. The standard InChI is InChI=1S/C19H19F2N3O3/c1-12(23-17(25)9-13-7-14(20)10-15(21)8-13)19(27)22-11-18(26)24-16-5-3-2-4-6-16/h2-8,10,12H,9,11H2,1H3,(H,22,27)(H,23,25)(H,24,26)/t12-/m1/s1. The second-order valence-electron chi connectivity index (χ2n) is 5.88. The Labute approximate surface area is 155 Å².